The fourth-order valence-electron chi connectivity index (χ4n) is 2.38. The molecule has 8 heteroatoms. The molecule has 0 saturated carbocycles. The van der Waals surface area contributed by atoms with Crippen LogP contribution < -0.4 is 10.0 Å². The molecule has 0 saturated heterocycles. The molecular weight excluding hydrogens is 332 g/mol. The lowest BCUT2D eigenvalue weighted by Gasteiger charge is -2.18. The van der Waals surface area contributed by atoms with Gasteiger partial charge >= 0.3 is 5.97 Å². The molecule has 1 aromatic carbocycles. The van der Waals surface area contributed by atoms with E-state index in [0.717, 1.165) is 12.8 Å². The van der Waals surface area contributed by atoms with Gasteiger partial charge in [-0.15, -0.1) is 0 Å². The van der Waals surface area contributed by atoms with Crippen molar-refractivity contribution in [2.75, 3.05) is 19.0 Å². The molecule has 7 nitrogen and oxygen atoms in total. The average Bonchev–Trinajstić information content (AvgIpc) is 2.47. The molecule has 136 valence electrons. The van der Waals surface area contributed by atoms with Gasteiger partial charge in [-0.1, -0.05) is 13.3 Å². The van der Waals surface area contributed by atoms with Crippen molar-refractivity contribution in [3.05, 3.63) is 23.8 Å². The zero-order valence-electron chi connectivity index (χ0n) is 14.5. The Labute approximate surface area is 143 Å². The van der Waals surface area contributed by atoms with Crippen molar-refractivity contribution < 1.29 is 23.1 Å². The van der Waals surface area contributed by atoms with E-state index in [0.29, 0.717) is 5.69 Å². The molecule has 0 aliphatic carbocycles. The normalized spacial score (nSPS) is 14.2. The zero-order valence-corrected chi connectivity index (χ0v) is 15.3. The highest BCUT2D eigenvalue weighted by molar-refractivity contribution is 7.89. The van der Waals surface area contributed by atoms with E-state index in [2.05, 4.69) is 10.0 Å². The largest absolute Gasteiger partial charge is 0.478 e. The first-order valence-corrected chi connectivity index (χ1v) is 9.34. The van der Waals surface area contributed by atoms with Crippen LogP contribution in [0.15, 0.2) is 23.1 Å². The second kappa shape index (κ2) is 9.00. The number of carbonyl (C=O) groups is 1. The Morgan fingerprint density at radius 1 is 1.29 bits per heavy atom. The number of nitrogens with one attached hydrogen (secondary N) is 2. The van der Waals surface area contributed by atoms with Crippen LogP contribution in [0.25, 0.3) is 0 Å². The number of rotatable bonds is 10. The van der Waals surface area contributed by atoms with Crippen LogP contribution in [-0.2, 0) is 14.8 Å². The van der Waals surface area contributed by atoms with E-state index >= 15 is 0 Å². The number of methoxy groups -OCH3 is 1. The summed E-state index contributed by atoms with van der Waals surface area (Å²) in [7, 11) is -2.34. The van der Waals surface area contributed by atoms with Crippen LogP contribution in [-0.4, -0.2) is 45.3 Å². The first-order valence-electron chi connectivity index (χ1n) is 7.86. The molecule has 0 unspecified atom stereocenters. The third-order valence-corrected chi connectivity index (χ3v) is 5.02. The van der Waals surface area contributed by atoms with Crippen LogP contribution >= 0.6 is 0 Å². The van der Waals surface area contributed by atoms with Gasteiger partial charge in [-0.05, 0) is 38.5 Å². The number of hydrogen-bond acceptors (Lipinski definition) is 5. The molecule has 2 atom stereocenters. The summed E-state index contributed by atoms with van der Waals surface area (Å²) in [4.78, 5) is 11.4. The minimum Gasteiger partial charge on any atom is -0.478 e. The maximum absolute atomic E-state index is 12.3. The van der Waals surface area contributed by atoms with Gasteiger partial charge in [0.25, 0.3) is 0 Å². The van der Waals surface area contributed by atoms with Gasteiger partial charge in [0.05, 0.1) is 17.1 Å². The maximum Gasteiger partial charge on any atom is 0.337 e. The third-order valence-electron chi connectivity index (χ3n) is 3.43. The number of hydrogen-bond donors (Lipinski definition) is 3. The number of sulfonamides is 1. The Morgan fingerprint density at radius 2 is 1.96 bits per heavy atom. The van der Waals surface area contributed by atoms with Gasteiger partial charge in [-0.2, -0.15) is 0 Å². The van der Waals surface area contributed by atoms with E-state index < -0.39 is 22.0 Å². The molecular formula is C16H26N2O5S. The Balaban J connectivity index is 3.11. The van der Waals surface area contributed by atoms with Crippen molar-refractivity contribution in [3.8, 4) is 0 Å². The van der Waals surface area contributed by atoms with Crippen molar-refractivity contribution in [3.63, 3.8) is 0 Å². The van der Waals surface area contributed by atoms with Gasteiger partial charge in [0.15, 0.2) is 0 Å². The topological polar surface area (TPSA) is 105 Å². The fourth-order valence-corrected chi connectivity index (χ4v) is 3.63. The van der Waals surface area contributed by atoms with Crippen LogP contribution in [0.1, 0.15) is 44.0 Å². The predicted molar refractivity (Wildman–Crippen MR) is 93.1 cm³/mol. The van der Waals surface area contributed by atoms with E-state index in [1.165, 1.54) is 25.3 Å². The summed E-state index contributed by atoms with van der Waals surface area (Å²) >= 11 is 0. The fraction of sp³-hybridized carbons (Fsp3) is 0.562. The Hall–Kier alpha value is -1.64. The van der Waals surface area contributed by atoms with Crippen LogP contribution in [0.4, 0.5) is 5.69 Å². The molecule has 1 aromatic rings. The zero-order chi connectivity index (χ0) is 18.3. The van der Waals surface area contributed by atoms with Crippen molar-refractivity contribution >= 4 is 21.7 Å². The van der Waals surface area contributed by atoms with Gasteiger partial charge in [0, 0.05) is 24.9 Å². The van der Waals surface area contributed by atoms with Crippen molar-refractivity contribution in [2.24, 2.45) is 0 Å². The van der Waals surface area contributed by atoms with Gasteiger partial charge in [0.1, 0.15) is 0 Å². The van der Waals surface area contributed by atoms with Crippen LogP contribution in [0, 0.1) is 0 Å². The number of anilines is 1. The van der Waals surface area contributed by atoms with Crippen LogP contribution in [0.2, 0.25) is 0 Å². The predicted octanol–water partition coefficient (Wildman–Crippen LogP) is 2.30. The number of benzene rings is 1. The monoisotopic (exact) mass is 358 g/mol. The smallest absolute Gasteiger partial charge is 0.337 e. The molecule has 0 bridgehead atoms. The highest BCUT2D eigenvalue weighted by Crippen LogP contribution is 2.22. The molecule has 0 aliphatic rings. The highest BCUT2D eigenvalue weighted by Gasteiger charge is 2.21. The SMILES string of the molecule is CCC[C@H](C)Nc1ccc(S(=O)(=O)N[C@H](C)COC)cc1C(=O)O. The number of aromatic carboxylic acids is 1. The summed E-state index contributed by atoms with van der Waals surface area (Å²) in [6, 6.07) is 3.73. The number of carboxylic acids is 1. The summed E-state index contributed by atoms with van der Waals surface area (Å²) in [5.74, 6) is -1.18. The molecule has 0 aliphatic heterocycles. The molecule has 0 fully saturated rings. The molecule has 0 radical (unpaired) electrons. The second-order valence-electron chi connectivity index (χ2n) is 5.82. The Bertz CT molecular complexity index is 660. The molecule has 0 aromatic heterocycles. The van der Waals surface area contributed by atoms with E-state index in [9.17, 15) is 18.3 Å². The first kappa shape index (κ1) is 20.4. The standard InChI is InChI=1S/C16H26N2O5S/c1-5-6-11(2)17-15-8-7-13(9-14(15)16(19)20)24(21,22)18-12(3)10-23-4/h7-9,11-12,17-18H,5-6,10H2,1-4H3,(H,19,20)/t11-,12+/m0/s1. The highest BCUT2D eigenvalue weighted by atomic mass is 32.2. The van der Waals surface area contributed by atoms with E-state index in [-0.39, 0.29) is 23.1 Å². The Kier molecular flexibility index (Phi) is 7.65. The van der Waals surface area contributed by atoms with Crippen molar-refractivity contribution in [1.82, 2.24) is 4.72 Å². The molecule has 24 heavy (non-hydrogen) atoms. The second-order valence-corrected chi connectivity index (χ2v) is 7.54. The van der Waals surface area contributed by atoms with Crippen molar-refractivity contribution in [1.29, 1.82) is 0 Å². The summed E-state index contributed by atoms with van der Waals surface area (Å²) in [6.45, 7) is 5.88. The number of ether oxygens (including phenoxy) is 1. The summed E-state index contributed by atoms with van der Waals surface area (Å²) < 4.78 is 32.1. The lowest BCUT2D eigenvalue weighted by molar-refractivity contribution is 0.0697. The van der Waals surface area contributed by atoms with Crippen molar-refractivity contribution in [2.45, 2.75) is 50.6 Å². The summed E-state index contributed by atoms with van der Waals surface area (Å²) in [5, 5.41) is 12.5. The average molecular weight is 358 g/mol. The lowest BCUT2D eigenvalue weighted by Crippen LogP contribution is -2.35. The quantitative estimate of drug-likeness (QED) is 0.593. The molecule has 1 rings (SSSR count). The summed E-state index contributed by atoms with van der Waals surface area (Å²) in [6.07, 6.45) is 1.85. The molecule has 3 N–H and O–H groups in total. The van der Waals surface area contributed by atoms with Crippen LogP contribution in [0.3, 0.4) is 0 Å². The summed E-state index contributed by atoms with van der Waals surface area (Å²) in [5.41, 5.74) is 0.340. The Morgan fingerprint density at radius 3 is 2.50 bits per heavy atom. The molecule has 0 spiro atoms. The minimum atomic E-state index is -3.81. The van der Waals surface area contributed by atoms with Gasteiger partial charge in [-0.25, -0.2) is 17.9 Å². The van der Waals surface area contributed by atoms with E-state index in [1.54, 1.807) is 6.92 Å². The van der Waals surface area contributed by atoms with E-state index in [1.807, 2.05) is 13.8 Å². The van der Waals surface area contributed by atoms with E-state index in [4.69, 9.17) is 4.74 Å². The molecule has 0 amide bonds. The number of carboxylic acid groups (broad SMARTS) is 1. The van der Waals surface area contributed by atoms with Gasteiger partial charge in [0.2, 0.25) is 10.0 Å². The first-order chi connectivity index (χ1) is 11.2. The lowest BCUT2D eigenvalue weighted by atomic mass is 10.1. The minimum absolute atomic E-state index is 0.0692. The van der Waals surface area contributed by atoms with Gasteiger partial charge in [-0.3, -0.25) is 0 Å². The maximum atomic E-state index is 12.3. The third kappa shape index (κ3) is 5.77. The van der Waals surface area contributed by atoms with Crippen LogP contribution in [0.5, 0.6) is 0 Å². The van der Waals surface area contributed by atoms with Gasteiger partial charge < -0.3 is 15.2 Å². The molecule has 0 heterocycles.